The van der Waals surface area contributed by atoms with E-state index in [9.17, 15) is 27.2 Å². The second-order valence-electron chi connectivity index (χ2n) is 7.95. The van der Waals surface area contributed by atoms with Crippen LogP contribution in [-0.4, -0.2) is 47.9 Å². The lowest BCUT2D eigenvalue weighted by atomic mass is 9.86. The lowest BCUT2D eigenvalue weighted by Gasteiger charge is -2.38. The molecule has 2 aromatic rings. The number of nitrogens with zero attached hydrogens (tertiary/aromatic N) is 2. The van der Waals surface area contributed by atoms with Crippen molar-refractivity contribution >= 4 is 29.3 Å². The molecule has 33 heavy (non-hydrogen) atoms. The van der Waals surface area contributed by atoms with Crippen LogP contribution >= 0.6 is 11.6 Å². The van der Waals surface area contributed by atoms with Gasteiger partial charge < -0.3 is 16.0 Å². The maximum Gasteiger partial charge on any atom is 0.473 e. The number of nitrogens with one attached hydrogen (secondary N) is 1. The fourth-order valence-electron chi connectivity index (χ4n) is 4.29. The van der Waals surface area contributed by atoms with E-state index in [0.29, 0.717) is 37.2 Å². The van der Waals surface area contributed by atoms with Crippen LogP contribution in [0.3, 0.4) is 0 Å². The minimum Gasteiger partial charge on any atom is -0.383 e. The Hall–Kier alpha value is -2.98. The van der Waals surface area contributed by atoms with Crippen LogP contribution in [0.25, 0.3) is 0 Å². The number of piperidine rings is 1. The van der Waals surface area contributed by atoms with Crippen molar-refractivity contribution in [2.75, 3.05) is 13.1 Å². The molecule has 2 unspecified atom stereocenters. The van der Waals surface area contributed by atoms with Crippen LogP contribution in [0.15, 0.2) is 41.4 Å². The number of amides is 2. The lowest BCUT2D eigenvalue weighted by Crippen LogP contribution is -2.48. The molecule has 0 saturated carbocycles. The highest BCUT2D eigenvalue weighted by Gasteiger charge is 2.40. The number of halogens is 5. The van der Waals surface area contributed by atoms with Crippen molar-refractivity contribution in [3.63, 3.8) is 0 Å². The van der Waals surface area contributed by atoms with Crippen LogP contribution in [-0.2, 0) is 11.3 Å². The Bertz CT molecular complexity index is 1150. The fraction of sp³-hybridized carbons (Fsp3) is 0.318. The number of aliphatic imine (C=N–C) groups is 1. The van der Waals surface area contributed by atoms with Gasteiger partial charge >= 0.3 is 12.1 Å². The van der Waals surface area contributed by atoms with Crippen LogP contribution < -0.4 is 11.1 Å². The zero-order chi connectivity index (χ0) is 23.9. The quantitative estimate of drug-likeness (QED) is 0.399. The first kappa shape index (κ1) is 23.2. The van der Waals surface area contributed by atoms with Gasteiger partial charge in [0.05, 0.1) is 5.02 Å². The molecule has 3 N–H and O–H groups in total. The van der Waals surface area contributed by atoms with Crippen molar-refractivity contribution in [3.05, 3.63) is 69.5 Å². The molecule has 2 heterocycles. The molecule has 0 bridgehead atoms. The van der Waals surface area contributed by atoms with Gasteiger partial charge in [-0.25, -0.2) is 4.39 Å². The van der Waals surface area contributed by atoms with Crippen molar-refractivity contribution < 1.29 is 27.2 Å². The summed E-state index contributed by atoms with van der Waals surface area (Å²) in [6, 6.07) is 8.71. The summed E-state index contributed by atoms with van der Waals surface area (Å²) >= 11 is 5.81. The molecule has 0 aromatic heterocycles. The summed E-state index contributed by atoms with van der Waals surface area (Å²) in [6.07, 6.45) is -4.51. The predicted octanol–water partition coefficient (Wildman–Crippen LogP) is 3.37. The summed E-state index contributed by atoms with van der Waals surface area (Å²) in [6.45, 7) is 1.50. The number of rotatable bonds is 3. The summed E-state index contributed by atoms with van der Waals surface area (Å²) in [7, 11) is 0. The van der Waals surface area contributed by atoms with Crippen molar-refractivity contribution in [1.29, 1.82) is 0 Å². The van der Waals surface area contributed by atoms with E-state index in [1.807, 2.05) is 0 Å². The standard InChI is InChI=1S/C22H19ClF4N4O2/c23-16-4-3-11(8-17(16)24)15-9-29-6-5-18(15)31-10-13-2-1-12(7-14(13)20(31)32)19(28)30-21(33)22(25,26)27/h1-4,7-8,15,18,29H,5-6,9-10H2,(H2,28,30,33). The monoisotopic (exact) mass is 482 g/mol. The molecule has 1 fully saturated rings. The number of amidine groups is 1. The molecule has 2 aromatic carbocycles. The van der Waals surface area contributed by atoms with E-state index in [0.717, 1.165) is 0 Å². The van der Waals surface area contributed by atoms with Crippen LogP contribution in [0, 0.1) is 5.82 Å². The van der Waals surface area contributed by atoms with Crippen molar-refractivity contribution in [1.82, 2.24) is 10.2 Å². The third kappa shape index (κ3) is 4.58. The van der Waals surface area contributed by atoms with Crippen molar-refractivity contribution in [2.45, 2.75) is 31.1 Å². The number of hydrogen-bond acceptors (Lipinski definition) is 3. The number of fused-ring (bicyclic) bond motifs is 1. The second-order valence-corrected chi connectivity index (χ2v) is 8.35. The molecule has 0 spiro atoms. The van der Waals surface area contributed by atoms with E-state index in [-0.39, 0.29) is 34.0 Å². The number of benzene rings is 2. The van der Waals surface area contributed by atoms with E-state index < -0.39 is 23.7 Å². The smallest absolute Gasteiger partial charge is 0.383 e. The third-order valence-electron chi connectivity index (χ3n) is 5.92. The molecule has 2 amide bonds. The van der Waals surface area contributed by atoms with E-state index in [2.05, 4.69) is 10.3 Å². The highest BCUT2D eigenvalue weighted by molar-refractivity contribution is 6.30. The highest BCUT2D eigenvalue weighted by Crippen LogP contribution is 2.35. The summed E-state index contributed by atoms with van der Waals surface area (Å²) in [5.74, 6) is -3.97. The summed E-state index contributed by atoms with van der Waals surface area (Å²) in [4.78, 5) is 28.9. The number of carbonyl (C=O) groups excluding carboxylic acids is 2. The number of alkyl halides is 3. The van der Waals surface area contributed by atoms with Gasteiger partial charge in [0.1, 0.15) is 11.7 Å². The van der Waals surface area contributed by atoms with Gasteiger partial charge in [0, 0.05) is 36.2 Å². The Kier molecular flexibility index (Phi) is 6.15. The molecule has 0 radical (unpaired) electrons. The zero-order valence-electron chi connectivity index (χ0n) is 17.1. The van der Waals surface area contributed by atoms with E-state index in [1.165, 1.54) is 24.3 Å². The first-order valence-corrected chi connectivity index (χ1v) is 10.5. The van der Waals surface area contributed by atoms with Gasteiger partial charge in [0.2, 0.25) is 0 Å². The maximum absolute atomic E-state index is 14.1. The summed E-state index contributed by atoms with van der Waals surface area (Å²) in [5.41, 5.74) is 7.30. The SMILES string of the molecule is NC(=NC(=O)C(F)(F)F)c1ccc2c(c1)C(=O)N(C1CCNCC1c1ccc(Cl)c(F)c1)C2. The minimum atomic E-state index is -5.14. The van der Waals surface area contributed by atoms with Gasteiger partial charge in [-0.15, -0.1) is 0 Å². The number of hydrogen-bond donors (Lipinski definition) is 2. The molecule has 2 atom stereocenters. The Morgan fingerprint density at radius 1 is 1.21 bits per heavy atom. The molecule has 2 aliphatic rings. The molecule has 0 aliphatic carbocycles. The zero-order valence-corrected chi connectivity index (χ0v) is 17.9. The lowest BCUT2D eigenvalue weighted by molar-refractivity contribution is -0.169. The molecule has 2 aliphatic heterocycles. The number of carbonyl (C=O) groups is 2. The van der Waals surface area contributed by atoms with Crippen molar-refractivity contribution in [3.8, 4) is 0 Å². The number of nitrogens with two attached hydrogens (primary N) is 1. The summed E-state index contributed by atoms with van der Waals surface area (Å²) < 4.78 is 51.5. The topological polar surface area (TPSA) is 87.8 Å². The molecule has 6 nitrogen and oxygen atoms in total. The van der Waals surface area contributed by atoms with Gasteiger partial charge in [-0.3, -0.25) is 9.59 Å². The molecular formula is C22H19ClF4N4O2. The third-order valence-corrected chi connectivity index (χ3v) is 6.23. The predicted molar refractivity (Wildman–Crippen MR) is 114 cm³/mol. The van der Waals surface area contributed by atoms with Crippen LogP contribution in [0.4, 0.5) is 17.6 Å². The molecular weight excluding hydrogens is 464 g/mol. The van der Waals surface area contributed by atoms with Crippen LogP contribution in [0.1, 0.15) is 39.4 Å². The van der Waals surface area contributed by atoms with Gasteiger partial charge in [0.25, 0.3) is 5.91 Å². The molecule has 4 rings (SSSR count). The normalized spacial score (nSPS) is 21.3. The first-order valence-electron chi connectivity index (χ1n) is 10.1. The van der Waals surface area contributed by atoms with Gasteiger partial charge in [0.15, 0.2) is 0 Å². The van der Waals surface area contributed by atoms with Gasteiger partial charge in [-0.2, -0.15) is 18.2 Å². The van der Waals surface area contributed by atoms with Gasteiger partial charge in [-0.05, 0) is 42.3 Å². The van der Waals surface area contributed by atoms with Crippen LogP contribution in [0.5, 0.6) is 0 Å². The van der Waals surface area contributed by atoms with Crippen molar-refractivity contribution in [2.24, 2.45) is 10.7 Å². The minimum absolute atomic E-state index is 0.0134. The van der Waals surface area contributed by atoms with E-state index in [4.69, 9.17) is 17.3 Å². The molecule has 174 valence electrons. The molecule has 11 heteroatoms. The molecule has 1 saturated heterocycles. The highest BCUT2D eigenvalue weighted by atomic mass is 35.5. The Morgan fingerprint density at radius 2 is 1.97 bits per heavy atom. The van der Waals surface area contributed by atoms with E-state index in [1.54, 1.807) is 17.0 Å². The maximum atomic E-state index is 14.1. The Balaban J connectivity index is 1.60. The van der Waals surface area contributed by atoms with Crippen LogP contribution in [0.2, 0.25) is 5.02 Å². The summed E-state index contributed by atoms with van der Waals surface area (Å²) in [5, 5.41) is 3.28. The largest absolute Gasteiger partial charge is 0.473 e. The Morgan fingerprint density at radius 3 is 2.67 bits per heavy atom. The Labute approximate surface area is 191 Å². The van der Waals surface area contributed by atoms with Gasteiger partial charge in [-0.1, -0.05) is 29.8 Å². The first-order chi connectivity index (χ1) is 15.6. The average Bonchev–Trinajstić information content (AvgIpc) is 3.10. The average molecular weight is 483 g/mol. The fourth-order valence-corrected chi connectivity index (χ4v) is 4.41. The second kappa shape index (κ2) is 8.75. The van der Waals surface area contributed by atoms with E-state index >= 15 is 0 Å².